The molecule has 0 aliphatic rings. The third kappa shape index (κ3) is 5.04. The van der Waals surface area contributed by atoms with Crippen molar-refractivity contribution in [2.24, 2.45) is 0 Å². The van der Waals surface area contributed by atoms with E-state index in [2.05, 4.69) is 5.32 Å². The Bertz CT molecular complexity index is 919. The van der Waals surface area contributed by atoms with Crippen molar-refractivity contribution in [2.45, 2.75) is 19.5 Å². The highest BCUT2D eigenvalue weighted by atomic mass is 35.5. The van der Waals surface area contributed by atoms with Crippen LogP contribution in [0.3, 0.4) is 0 Å². The van der Waals surface area contributed by atoms with Crippen LogP contribution in [0.1, 0.15) is 12.5 Å². The van der Waals surface area contributed by atoms with Crippen molar-refractivity contribution >= 4 is 56.4 Å². The minimum atomic E-state index is -3.74. The molecule has 2 aromatic rings. The first-order valence-electron chi connectivity index (χ1n) is 7.57. The highest BCUT2D eigenvalue weighted by molar-refractivity contribution is 7.92. The lowest BCUT2D eigenvalue weighted by Crippen LogP contribution is -2.47. The molecule has 0 heterocycles. The van der Waals surface area contributed by atoms with Gasteiger partial charge in [0, 0.05) is 11.6 Å². The molecule has 0 aliphatic heterocycles. The topological polar surface area (TPSA) is 66.5 Å². The lowest BCUT2D eigenvalue weighted by molar-refractivity contribution is -0.122. The summed E-state index contributed by atoms with van der Waals surface area (Å²) in [5.74, 6) is -0.471. The van der Waals surface area contributed by atoms with Crippen molar-refractivity contribution in [3.63, 3.8) is 0 Å². The summed E-state index contributed by atoms with van der Waals surface area (Å²) in [5, 5.41) is 3.70. The smallest absolute Gasteiger partial charge is 0.243 e. The number of nitrogens with one attached hydrogen (secondary N) is 1. The fourth-order valence-corrected chi connectivity index (χ4v) is 4.06. The number of rotatable bonds is 6. The van der Waals surface area contributed by atoms with Crippen molar-refractivity contribution in [1.29, 1.82) is 0 Å². The van der Waals surface area contributed by atoms with Gasteiger partial charge in [-0.15, -0.1) is 0 Å². The van der Waals surface area contributed by atoms with Crippen LogP contribution in [0.2, 0.25) is 15.1 Å². The molecule has 2 aromatic carbocycles. The van der Waals surface area contributed by atoms with E-state index in [-0.39, 0.29) is 17.3 Å². The molecule has 0 radical (unpaired) electrons. The van der Waals surface area contributed by atoms with Gasteiger partial charge < -0.3 is 5.32 Å². The van der Waals surface area contributed by atoms with Gasteiger partial charge in [0.2, 0.25) is 15.9 Å². The summed E-state index contributed by atoms with van der Waals surface area (Å²) in [6.07, 6.45) is 1.02. The molecule has 0 bridgehead atoms. The molecule has 0 aromatic heterocycles. The van der Waals surface area contributed by atoms with Crippen LogP contribution in [0.15, 0.2) is 42.5 Å². The molecule has 5 nitrogen and oxygen atoms in total. The highest BCUT2D eigenvalue weighted by Gasteiger charge is 2.29. The molecule has 140 valence electrons. The molecule has 26 heavy (non-hydrogen) atoms. The van der Waals surface area contributed by atoms with Crippen molar-refractivity contribution in [2.75, 3.05) is 10.6 Å². The summed E-state index contributed by atoms with van der Waals surface area (Å²) in [4.78, 5) is 12.5. The molecule has 1 amide bonds. The van der Waals surface area contributed by atoms with Crippen molar-refractivity contribution in [3.8, 4) is 0 Å². The second kappa shape index (κ2) is 8.48. The summed E-state index contributed by atoms with van der Waals surface area (Å²) in [6, 6.07) is 10.5. The lowest BCUT2D eigenvalue weighted by Gasteiger charge is -2.28. The van der Waals surface area contributed by atoms with Crippen LogP contribution in [-0.4, -0.2) is 26.6 Å². The standard InChI is InChI=1S/C17H17Cl3N2O3S/c1-11(17(23)21-10-12-5-3-4-6-14(12)18)22(26(2,24)25)13-7-8-15(19)16(20)9-13/h3-9,11H,10H2,1-2H3,(H,21,23)/t11-/m0/s1. The second-order valence-corrected chi connectivity index (χ2v) is 8.72. The van der Waals surface area contributed by atoms with Gasteiger partial charge in [-0.25, -0.2) is 8.42 Å². The molecule has 0 fully saturated rings. The zero-order chi connectivity index (χ0) is 19.5. The predicted molar refractivity (Wildman–Crippen MR) is 107 cm³/mol. The zero-order valence-electron chi connectivity index (χ0n) is 14.0. The third-order valence-electron chi connectivity index (χ3n) is 3.66. The van der Waals surface area contributed by atoms with Crippen molar-refractivity contribution in [3.05, 3.63) is 63.1 Å². The van der Waals surface area contributed by atoms with Crippen molar-refractivity contribution in [1.82, 2.24) is 5.32 Å². The van der Waals surface area contributed by atoms with Gasteiger partial charge >= 0.3 is 0 Å². The summed E-state index contributed by atoms with van der Waals surface area (Å²) in [5.41, 5.74) is 0.984. The van der Waals surface area contributed by atoms with Gasteiger partial charge in [-0.2, -0.15) is 0 Å². The largest absolute Gasteiger partial charge is 0.350 e. The molecule has 0 unspecified atom stereocenters. The van der Waals surface area contributed by atoms with E-state index in [9.17, 15) is 13.2 Å². The molecular weight excluding hydrogens is 419 g/mol. The van der Waals surface area contributed by atoms with Gasteiger partial charge in [-0.05, 0) is 36.8 Å². The number of nitrogens with zero attached hydrogens (tertiary/aromatic N) is 1. The molecule has 0 saturated carbocycles. The summed E-state index contributed by atoms with van der Waals surface area (Å²) in [7, 11) is -3.74. The van der Waals surface area contributed by atoms with E-state index in [1.165, 1.54) is 25.1 Å². The molecular formula is C17H17Cl3N2O3S. The second-order valence-electron chi connectivity index (χ2n) is 5.64. The Hall–Kier alpha value is -1.47. The zero-order valence-corrected chi connectivity index (χ0v) is 17.1. The Balaban J connectivity index is 2.23. The van der Waals surface area contributed by atoms with Gasteiger partial charge in [-0.1, -0.05) is 53.0 Å². The minimum absolute atomic E-state index is 0.182. The molecule has 1 N–H and O–H groups in total. The van der Waals surface area contributed by atoms with Crippen LogP contribution in [-0.2, 0) is 21.4 Å². The maximum Gasteiger partial charge on any atom is 0.243 e. The van der Waals surface area contributed by atoms with E-state index in [4.69, 9.17) is 34.8 Å². The Morgan fingerprint density at radius 2 is 1.73 bits per heavy atom. The fourth-order valence-electron chi connectivity index (χ4n) is 2.40. The van der Waals surface area contributed by atoms with E-state index in [0.717, 1.165) is 16.1 Å². The number of benzene rings is 2. The Labute approximate surface area is 167 Å². The average molecular weight is 436 g/mol. The van der Waals surface area contributed by atoms with E-state index >= 15 is 0 Å². The normalized spacial score (nSPS) is 12.5. The number of sulfonamides is 1. The number of hydrogen-bond acceptors (Lipinski definition) is 3. The molecule has 2 rings (SSSR count). The minimum Gasteiger partial charge on any atom is -0.350 e. The van der Waals surface area contributed by atoms with E-state index in [0.29, 0.717) is 10.0 Å². The lowest BCUT2D eigenvalue weighted by atomic mass is 10.2. The summed E-state index contributed by atoms with van der Waals surface area (Å²) >= 11 is 17.9. The van der Waals surface area contributed by atoms with Gasteiger partial charge in [0.05, 0.1) is 22.0 Å². The highest BCUT2D eigenvalue weighted by Crippen LogP contribution is 2.29. The maximum atomic E-state index is 12.5. The number of carbonyl (C=O) groups is 1. The van der Waals surface area contributed by atoms with Crippen LogP contribution >= 0.6 is 34.8 Å². The first-order chi connectivity index (χ1) is 12.1. The van der Waals surface area contributed by atoms with Gasteiger partial charge in [0.25, 0.3) is 0 Å². The van der Waals surface area contributed by atoms with Crippen LogP contribution < -0.4 is 9.62 Å². The molecule has 9 heteroatoms. The molecule has 0 saturated heterocycles. The van der Waals surface area contributed by atoms with E-state index in [1.54, 1.807) is 24.3 Å². The van der Waals surface area contributed by atoms with Crippen LogP contribution in [0, 0.1) is 0 Å². The van der Waals surface area contributed by atoms with Crippen LogP contribution in [0.25, 0.3) is 0 Å². The first kappa shape index (κ1) is 20.8. The Morgan fingerprint density at radius 1 is 1.08 bits per heavy atom. The molecule has 1 atom stereocenters. The Kier molecular flexibility index (Phi) is 6.80. The van der Waals surface area contributed by atoms with Crippen molar-refractivity contribution < 1.29 is 13.2 Å². The maximum absolute atomic E-state index is 12.5. The summed E-state index contributed by atoms with van der Waals surface area (Å²) < 4.78 is 25.5. The predicted octanol–water partition coefficient (Wildman–Crippen LogP) is 4.12. The number of halogens is 3. The number of anilines is 1. The third-order valence-corrected chi connectivity index (χ3v) is 6.01. The SMILES string of the molecule is C[C@@H](C(=O)NCc1ccccc1Cl)N(c1ccc(Cl)c(Cl)c1)S(C)(=O)=O. The van der Waals surface area contributed by atoms with E-state index < -0.39 is 22.0 Å². The van der Waals surface area contributed by atoms with Gasteiger partial charge in [0.15, 0.2) is 0 Å². The fraction of sp³-hybridized carbons (Fsp3) is 0.235. The summed E-state index contributed by atoms with van der Waals surface area (Å²) in [6.45, 7) is 1.67. The van der Waals surface area contributed by atoms with Gasteiger partial charge in [-0.3, -0.25) is 9.10 Å². The van der Waals surface area contributed by atoms with Crippen LogP contribution in [0.4, 0.5) is 5.69 Å². The average Bonchev–Trinajstić information content (AvgIpc) is 2.56. The van der Waals surface area contributed by atoms with E-state index in [1.807, 2.05) is 0 Å². The number of carbonyl (C=O) groups excluding carboxylic acids is 1. The number of hydrogen-bond donors (Lipinski definition) is 1. The number of amides is 1. The monoisotopic (exact) mass is 434 g/mol. The molecule has 0 spiro atoms. The molecule has 0 aliphatic carbocycles. The van der Waals surface area contributed by atoms with Crippen LogP contribution in [0.5, 0.6) is 0 Å². The van der Waals surface area contributed by atoms with Gasteiger partial charge in [0.1, 0.15) is 6.04 Å². The first-order valence-corrected chi connectivity index (χ1v) is 10.5. The quantitative estimate of drug-likeness (QED) is 0.742. The Morgan fingerprint density at radius 3 is 2.31 bits per heavy atom.